The van der Waals surface area contributed by atoms with Gasteiger partial charge in [-0.25, -0.2) is 0 Å². The Morgan fingerprint density at radius 1 is 1.41 bits per heavy atom. The van der Waals surface area contributed by atoms with Crippen molar-refractivity contribution in [1.82, 2.24) is 20.2 Å². The first kappa shape index (κ1) is 11.3. The molecule has 1 unspecified atom stereocenters. The van der Waals surface area contributed by atoms with E-state index in [9.17, 15) is 0 Å². The third-order valence-corrected chi connectivity index (χ3v) is 2.37. The number of hydrogen-bond acceptors (Lipinski definition) is 4. The van der Waals surface area contributed by atoms with Crippen LogP contribution in [-0.2, 0) is 0 Å². The molecule has 0 aliphatic rings. The Morgan fingerprint density at radius 3 is 2.88 bits per heavy atom. The summed E-state index contributed by atoms with van der Waals surface area (Å²) in [5, 5.41) is 14.9. The standard InChI is InChI=1S/C12H15N5/c1-3-7-10(2)13-12-14-15-16-17(12)11-8-5-4-6-9-11/h3-6,8-10H,1,7H2,2H3,(H,13,14,16). The summed E-state index contributed by atoms with van der Waals surface area (Å²) < 4.78 is 1.68. The van der Waals surface area contributed by atoms with E-state index in [0.717, 1.165) is 12.1 Å². The number of tetrazole rings is 1. The molecule has 0 bridgehead atoms. The largest absolute Gasteiger partial charge is 0.350 e. The number of nitrogens with one attached hydrogen (secondary N) is 1. The fourth-order valence-electron chi connectivity index (χ4n) is 1.55. The molecule has 1 atom stereocenters. The maximum atomic E-state index is 3.97. The van der Waals surface area contributed by atoms with Crippen LogP contribution in [0, 0.1) is 0 Å². The molecule has 1 heterocycles. The predicted octanol–water partition coefficient (Wildman–Crippen LogP) is 2.04. The Labute approximate surface area is 100 Å². The van der Waals surface area contributed by atoms with Gasteiger partial charge in [-0.3, -0.25) is 0 Å². The zero-order valence-electron chi connectivity index (χ0n) is 9.74. The number of para-hydroxylation sites is 1. The van der Waals surface area contributed by atoms with Crippen LogP contribution in [0.5, 0.6) is 0 Å². The van der Waals surface area contributed by atoms with Gasteiger partial charge in [-0.2, -0.15) is 4.68 Å². The van der Waals surface area contributed by atoms with Crippen LogP contribution < -0.4 is 5.32 Å². The molecule has 2 aromatic rings. The van der Waals surface area contributed by atoms with Gasteiger partial charge < -0.3 is 5.32 Å². The van der Waals surface area contributed by atoms with Gasteiger partial charge in [0.15, 0.2) is 0 Å². The van der Waals surface area contributed by atoms with E-state index < -0.39 is 0 Å². The number of hydrogen-bond donors (Lipinski definition) is 1. The Morgan fingerprint density at radius 2 is 2.18 bits per heavy atom. The SMILES string of the molecule is C=CCC(C)Nc1nnnn1-c1ccccc1. The molecule has 0 saturated heterocycles. The lowest BCUT2D eigenvalue weighted by Gasteiger charge is -2.12. The van der Waals surface area contributed by atoms with Crippen molar-refractivity contribution in [1.29, 1.82) is 0 Å². The lowest BCUT2D eigenvalue weighted by Crippen LogP contribution is -2.17. The Bertz CT molecular complexity index is 477. The minimum absolute atomic E-state index is 0.251. The molecule has 1 aromatic heterocycles. The molecule has 5 heteroatoms. The number of aromatic nitrogens is 4. The van der Waals surface area contributed by atoms with Crippen molar-refractivity contribution < 1.29 is 0 Å². The van der Waals surface area contributed by atoms with E-state index in [2.05, 4.69) is 34.3 Å². The maximum Gasteiger partial charge on any atom is 0.247 e. The molecular formula is C12H15N5. The average Bonchev–Trinajstić information content (AvgIpc) is 2.78. The van der Waals surface area contributed by atoms with E-state index in [1.807, 2.05) is 36.4 Å². The van der Waals surface area contributed by atoms with Crippen LogP contribution in [-0.4, -0.2) is 26.2 Å². The topological polar surface area (TPSA) is 55.6 Å². The first-order valence-corrected chi connectivity index (χ1v) is 5.52. The minimum Gasteiger partial charge on any atom is -0.350 e. The van der Waals surface area contributed by atoms with Gasteiger partial charge in [0.2, 0.25) is 5.95 Å². The van der Waals surface area contributed by atoms with Crippen LogP contribution in [0.1, 0.15) is 13.3 Å². The minimum atomic E-state index is 0.251. The zero-order valence-corrected chi connectivity index (χ0v) is 9.74. The van der Waals surface area contributed by atoms with Gasteiger partial charge in [0.1, 0.15) is 0 Å². The van der Waals surface area contributed by atoms with Crippen LogP contribution in [0.3, 0.4) is 0 Å². The quantitative estimate of drug-likeness (QED) is 0.797. The third kappa shape index (κ3) is 2.69. The molecule has 17 heavy (non-hydrogen) atoms. The summed E-state index contributed by atoms with van der Waals surface area (Å²) >= 11 is 0. The highest BCUT2D eigenvalue weighted by Crippen LogP contribution is 2.12. The van der Waals surface area contributed by atoms with E-state index in [-0.39, 0.29) is 6.04 Å². The lowest BCUT2D eigenvalue weighted by molar-refractivity contribution is 0.766. The molecule has 1 N–H and O–H groups in total. The van der Waals surface area contributed by atoms with Crippen LogP contribution in [0.25, 0.3) is 5.69 Å². The Kier molecular flexibility index (Phi) is 3.49. The monoisotopic (exact) mass is 229 g/mol. The average molecular weight is 229 g/mol. The molecular weight excluding hydrogens is 214 g/mol. The lowest BCUT2D eigenvalue weighted by atomic mass is 10.2. The van der Waals surface area contributed by atoms with Gasteiger partial charge in [-0.05, 0) is 35.9 Å². The van der Waals surface area contributed by atoms with Crippen molar-refractivity contribution in [3.05, 3.63) is 43.0 Å². The van der Waals surface area contributed by atoms with E-state index in [4.69, 9.17) is 0 Å². The molecule has 1 aromatic carbocycles. The van der Waals surface area contributed by atoms with Crippen molar-refractivity contribution in [3.63, 3.8) is 0 Å². The van der Waals surface area contributed by atoms with Crippen molar-refractivity contribution in [2.24, 2.45) is 0 Å². The second kappa shape index (κ2) is 5.25. The van der Waals surface area contributed by atoms with Gasteiger partial charge in [-0.15, -0.1) is 6.58 Å². The fraction of sp³-hybridized carbons (Fsp3) is 0.250. The normalized spacial score (nSPS) is 12.1. The second-order valence-electron chi connectivity index (χ2n) is 3.82. The fourth-order valence-corrected chi connectivity index (χ4v) is 1.55. The van der Waals surface area contributed by atoms with Crippen molar-refractivity contribution in [2.45, 2.75) is 19.4 Å². The van der Waals surface area contributed by atoms with E-state index >= 15 is 0 Å². The van der Waals surface area contributed by atoms with Gasteiger partial charge in [0.25, 0.3) is 0 Å². The summed E-state index contributed by atoms with van der Waals surface area (Å²) in [6, 6.07) is 10.0. The highest BCUT2D eigenvalue weighted by molar-refractivity contribution is 5.38. The molecule has 2 rings (SSSR count). The molecule has 0 amide bonds. The molecule has 88 valence electrons. The first-order chi connectivity index (χ1) is 8.31. The van der Waals surface area contributed by atoms with E-state index in [1.54, 1.807) is 4.68 Å². The first-order valence-electron chi connectivity index (χ1n) is 5.52. The molecule has 0 fully saturated rings. The van der Waals surface area contributed by atoms with Gasteiger partial charge in [-0.1, -0.05) is 29.4 Å². The second-order valence-corrected chi connectivity index (χ2v) is 3.82. The third-order valence-electron chi connectivity index (χ3n) is 2.37. The van der Waals surface area contributed by atoms with Crippen LogP contribution >= 0.6 is 0 Å². The highest BCUT2D eigenvalue weighted by Gasteiger charge is 2.09. The summed E-state index contributed by atoms with van der Waals surface area (Å²) in [6.45, 7) is 5.77. The summed E-state index contributed by atoms with van der Waals surface area (Å²) in [5.74, 6) is 0.644. The summed E-state index contributed by atoms with van der Waals surface area (Å²) in [5.41, 5.74) is 0.936. The van der Waals surface area contributed by atoms with Gasteiger partial charge in [0, 0.05) is 6.04 Å². The van der Waals surface area contributed by atoms with Crippen molar-refractivity contribution in [2.75, 3.05) is 5.32 Å². The van der Waals surface area contributed by atoms with Gasteiger partial charge >= 0.3 is 0 Å². The number of nitrogens with zero attached hydrogens (tertiary/aromatic N) is 4. The summed E-state index contributed by atoms with van der Waals surface area (Å²) in [7, 11) is 0. The number of rotatable bonds is 5. The number of benzene rings is 1. The highest BCUT2D eigenvalue weighted by atomic mass is 15.6. The summed E-state index contributed by atoms with van der Waals surface area (Å²) in [6.07, 6.45) is 2.73. The molecule has 0 aliphatic carbocycles. The molecule has 0 saturated carbocycles. The van der Waals surface area contributed by atoms with Crippen molar-refractivity contribution in [3.8, 4) is 5.69 Å². The molecule has 0 spiro atoms. The smallest absolute Gasteiger partial charge is 0.247 e. The zero-order chi connectivity index (χ0) is 12.1. The molecule has 5 nitrogen and oxygen atoms in total. The number of anilines is 1. The Balaban J connectivity index is 2.20. The predicted molar refractivity (Wildman–Crippen MR) is 67.1 cm³/mol. The van der Waals surface area contributed by atoms with E-state index in [1.165, 1.54) is 0 Å². The van der Waals surface area contributed by atoms with Crippen LogP contribution in [0.4, 0.5) is 5.95 Å². The summed E-state index contributed by atoms with van der Waals surface area (Å²) in [4.78, 5) is 0. The van der Waals surface area contributed by atoms with Crippen LogP contribution in [0.2, 0.25) is 0 Å². The van der Waals surface area contributed by atoms with E-state index in [0.29, 0.717) is 5.95 Å². The maximum absolute atomic E-state index is 3.97. The Hall–Kier alpha value is -2.17. The van der Waals surface area contributed by atoms with Gasteiger partial charge in [0.05, 0.1) is 5.69 Å². The molecule has 0 radical (unpaired) electrons. The van der Waals surface area contributed by atoms with Crippen LogP contribution in [0.15, 0.2) is 43.0 Å². The molecule has 0 aliphatic heterocycles. The van der Waals surface area contributed by atoms with Crippen molar-refractivity contribution >= 4 is 5.95 Å².